The number of nitrogens with one attached hydrogen (secondary N) is 2. The molecule has 0 bridgehead atoms. The number of nitrogens with zero attached hydrogens (tertiary/aromatic N) is 1. The molecule has 130 valence electrons. The van der Waals surface area contributed by atoms with Crippen molar-refractivity contribution in [2.24, 2.45) is 4.99 Å². The number of aryl methyl sites for hydroxylation is 1. The lowest BCUT2D eigenvalue weighted by Gasteiger charge is -2.18. The molecule has 2 unspecified atom stereocenters. The molecule has 0 aliphatic carbocycles. The maximum Gasteiger partial charge on any atom is 0.191 e. The maximum absolute atomic E-state index is 5.85. The van der Waals surface area contributed by atoms with E-state index in [4.69, 9.17) is 9.15 Å². The molecule has 0 fully saturated rings. The van der Waals surface area contributed by atoms with Crippen LogP contribution in [0.25, 0.3) is 0 Å². The van der Waals surface area contributed by atoms with Crippen molar-refractivity contribution < 1.29 is 9.15 Å². The van der Waals surface area contributed by atoms with Crippen molar-refractivity contribution in [2.45, 2.75) is 39.8 Å². The zero-order valence-corrected chi connectivity index (χ0v) is 14.9. The first kappa shape index (κ1) is 17.9. The van der Waals surface area contributed by atoms with Crippen LogP contribution in [0.1, 0.15) is 38.3 Å². The van der Waals surface area contributed by atoms with E-state index in [-0.39, 0.29) is 12.1 Å². The van der Waals surface area contributed by atoms with E-state index in [1.807, 2.05) is 63.2 Å². The lowest BCUT2D eigenvalue weighted by Crippen LogP contribution is -2.39. The van der Waals surface area contributed by atoms with Crippen molar-refractivity contribution >= 4 is 5.96 Å². The van der Waals surface area contributed by atoms with Crippen LogP contribution in [-0.2, 0) is 0 Å². The first-order valence-corrected chi connectivity index (χ1v) is 8.41. The summed E-state index contributed by atoms with van der Waals surface area (Å²) in [5.74, 6) is 3.41. The Kier molecular flexibility index (Phi) is 6.73. The van der Waals surface area contributed by atoms with Gasteiger partial charge in [-0.1, -0.05) is 18.2 Å². The minimum Gasteiger partial charge on any atom is -0.489 e. The van der Waals surface area contributed by atoms with Crippen LogP contribution >= 0.6 is 0 Å². The van der Waals surface area contributed by atoms with Crippen LogP contribution in [0.5, 0.6) is 5.75 Å². The average Bonchev–Trinajstić information content (AvgIpc) is 3.00. The van der Waals surface area contributed by atoms with E-state index in [2.05, 4.69) is 22.5 Å². The third-order valence-electron chi connectivity index (χ3n) is 3.47. The van der Waals surface area contributed by atoms with Gasteiger partial charge >= 0.3 is 0 Å². The molecule has 0 aliphatic heterocycles. The zero-order chi connectivity index (χ0) is 17.4. The van der Waals surface area contributed by atoms with E-state index < -0.39 is 0 Å². The van der Waals surface area contributed by atoms with Gasteiger partial charge in [-0.2, -0.15) is 0 Å². The first-order valence-electron chi connectivity index (χ1n) is 8.41. The van der Waals surface area contributed by atoms with Crippen molar-refractivity contribution in [1.82, 2.24) is 10.6 Å². The second-order valence-corrected chi connectivity index (χ2v) is 5.78. The van der Waals surface area contributed by atoms with Crippen molar-refractivity contribution in [2.75, 3.05) is 13.1 Å². The molecule has 0 radical (unpaired) electrons. The summed E-state index contributed by atoms with van der Waals surface area (Å²) in [6, 6.07) is 13.8. The topological polar surface area (TPSA) is 58.8 Å². The number of furan rings is 1. The van der Waals surface area contributed by atoms with Gasteiger partial charge in [-0.15, -0.1) is 0 Å². The molecule has 0 aliphatic rings. The van der Waals surface area contributed by atoms with E-state index in [1.54, 1.807) is 0 Å². The number of aliphatic imine (C=N–C) groups is 1. The Labute approximate surface area is 144 Å². The number of para-hydroxylation sites is 1. The number of benzene rings is 1. The highest BCUT2D eigenvalue weighted by atomic mass is 16.5. The van der Waals surface area contributed by atoms with Crippen LogP contribution in [0, 0.1) is 6.92 Å². The Bertz CT molecular complexity index is 637. The minimum atomic E-state index is -0.0102. The van der Waals surface area contributed by atoms with Gasteiger partial charge in [0.05, 0.1) is 12.6 Å². The van der Waals surface area contributed by atoms with Crippen LogP contribution in [0.3, 0.4) is 0 Å². The van der Waals surface area contributed by atoms with Gasteiger partial charge < -0.3 is 19.8 Å². The van der Waals surface area contributed by atoms with E-state index in [0.717, 1.165) is 29.8 Å². The average molecular weight is 329 g/mol. The smallest absolute Gasteiger partial charge is 0.191 e. The number of guanidine groups is 1. The molecular formula is C19H27N3O2. The van der Waals surface area contributed by atoms with Crippen LogP contribution in [0.4, 0.5) is 0 Å². The van der Waals surface area contributed by atoms with Gasteiger partial charge in [-0.25, -0.2) is 4.99 Å². The third-order valence-corrected chi connectivity index (χ3v) is 3.47. The number of hydrogen-bond acceptors (Lipinski definition) is 3. The summed E-state index contributed by atoms with van der Waals surface area (Å²) in [5.41, 5.74) is 0. The van der Waals surface area contributed by atoms with E-state index in [1.165, 1.54) is 0 Å². The van der Waals surface area contributed by atoms with E-state index >= 15 is 0 Å². The predicted octanol–water partition coefficient (Wildman–Crippen LogP) is 3.67. The fourth-order valence-corrected chi connectivity index (χ4v) is 2.27. The summed E-state index contributed by atoms with van der Waals surface area (Å²) in [6.07, 6.45) is -0.0102. The van der Waals surface area contributed by atoms with Crippen molar-refractivity contribution in [3.05, 3.63) is 54.0 Å². The Morgan fingerprint density at radius 1 is 1.17 bits per heavy atom. The molecule has 0 spiro atoms. The fraction of sp³-hybridized carbons (Fsp3) is 0.421. The normalized spacial score (nSPS) is 14.1. The highest BCUT2D eigenvalue weighted by Crippen LogP contribution is 2.15. The van der Waals surface area contributed by atoms with Crippen molar-refractivity contribution in [3.8, 4) is 5.75 Å². The summed E-state index contributed by atoms with van der Waals surface area (Å²) in [6.45, 7) is 9.41. The summed E-state index contributed by atoms with van der Waals surface area (Å²) in [5, 5.41) is 6.61. The molecule has 0 amide bonds. The summed E-state index contributed by atoms with van der Waals surface area (Å²) in [4.78, 5) is 4.61. The zero-order valence-electron chi connectivity index (χ0n) is 14.9. The van der Waals surface area contributed by atoms with Gasteiger partial charge in [-0.05, 0) is 52.0 Å². The van der Waals surface area contributed by atoms with Gasteiger partial charge in [0.25, 0.3) is 0 Å². The third kappa shape index (κ3) is 5.65. The summed E-state index contributed by atoms with van der Waals surface area (Å²) in [7, 11) is 0. The monoisotopic (exact) mass is 329 g/mol. The van der Waals surface area contributed by atoms with Gasteiger partial charge in [0.15, 0.2) is 5.96 Å². The molecule has 2 atom stereocenters. The first-order chi connectivity index (χ1) is 11.6. The molecule has 24 heavy (non-hydrogen) atoms. The van der Waals surface area contributed by atoms with E-state index in [9.17, 15) is 0 Å². The molecule has 0 saturated carbocycles. The van der Waals surface area contributed by atoms with Gasteiger partial charge in [-0.3, -0.25) is 0 Å². The Morgan fingerprint density at radius 2 is 1.92 bits per heavy atom. The molecule has 2 rings (SSSR count). The van der Waals surface area contributed by atoms with Gasteiger partial charge in [0, 0.05) is 6.54 Å². The van der Waals surface area contributed by atoms with Crippen LogP contribution in [-0.4, -0.2) is 25.2 Å². The molecule has 0 saturated heterocycles. The summed E-state index contributed by atoms with van der Waals surface area (Å²) < 4.78 is 11.5. The Morgan fingerprint density at radius 3 is 2.54 bits per heavy atom. The Hall–Kier alpha value is -2.43. The standard InChI is InChI=1S/C19H27N3O2/c1-5-20-19(22-16(4)18-12-11-14(2)24-18)21-13-15(3)23-17-9-7-6-8-10-17/h6-12,15-16H,5,13H2,1-4H3,(H2,20,21,22). The van der Waals surface area contributed by atoms with Gasteiger partial charge in [0.2, 0.25) is 0 Å². The van der Waals surface area contributed by atoms with Crippen LogP contribution in [0.2, 0.25) is 0 Å². The predicted molar refractivity (Wildman–Crippen MR) is 97.5 cm³/mol. The number of ether oxygens (including phenoxy) is 1. The number of hydrogen-bond donors (Lipinski definition) is 2. The number of rotatable bonds is 7. The molecule has 1 heterocycles. The molecule has 5 nitrogen and oxygen atoms in total. The molecule has 2 aromatic rings. The highest BCUT2D eigenvalue weighted by molar-refractivity contribution is 5.80. The molecule has 2 N–H and O–H groups in total. The fourth-order valence-electron chi connectivity index (χ4n) is 2.27. The maximum atomic E-state index is 5.85. The van der Waals surface area contributed by atoms with Crippen molar-refractivity contribution in [3.63, 3.8) is 0 Å². The molecule has 1 aromatic heterocycles. The Balaban J connectivity index is 1.92. The molecular weight excluding hydrogens is 302 g/mol. The largest absolute Gasteiger partial charge is 0.489 e. The second-order valence-electron chi connectivity index (χ2n) is 5.78. The quantitative estimate of drug-likeness (QED) is 0.601. The molecule has 1 aromatic carbocycles. The SMILES string of the molecule is CCNC(=NCC(C)Oc1ccccc1)NC(C)c1ccc(C)o1. The van der Waals surface area contributed by atoms with Gasteiger partial charge in [0.1, 0.15) is 23.4 Å². The lowest BCUT2D eigenvalue weighted by molar-refractivity contribution is 0.230. The second kappa shape index (κ2) is 9.01. The van der Waals surface area contributed by atoms with E-state index in [0.29, 0.717) is 6.54 Å². The summed E-state index contributed by atoms with van der Waals surface area (Å²) >= 11 is 0. The highest BCUT2D eigenvalue weighted by Gasteiger charge is 2.12. The molecule has 5 heteroatoms. The van der Waals surface area contributed by atoms with Crippen LogP contribution in [0.15, 0.2) is 51.9 Å². The minimum absolute atomic E-state index is 0.0102. The lowest BCUT2D eigenvalue weighted by atomic mass is 10.2. The van der Waals surface area contributed by atoms with Crippen molar-refractivity contribution in [1.29, 1.82) is 0 Å². The van der Waals surface area contributed by atoms with Crippen LogP contribution < -0.4 is 15.4 Å².